The SMILES string of the molecule is Cc1ccc(NC(=O)C[NH2+]Cc2ccc(Cl)cc2)cc1F. The first-order valence-corrected chi connectivity index (χ1v) is 7.04. The van der Waals surface area contributed by atoms with Gasteiger partial charge in [0, 0.05) is 16.3 Å². The predicted molar refractivity (Wildman–Crippen MR) is 81.7 cm³/mol. The fourth-order valence-corrected chi connectivity index (χ4v) is 2.00. The van der Waals surface area contributed by atoms with Crippen LogP contribution in [0.3, 0.4) is 0 Å². The van der Waals surface area contributed by atoms with Gasteiger partial charge in [0.05, 0.1) is 0 Å². The van der Waals surface area contributed by atoms with E-state index in [4.69, 9.17) is 11.6 Å². The fraction of sp³-hybridized carbons (Fsp3) is 0.188. The summed E-state index contributed by atoms with van der Waals surface area (Å²) in [6.45, 7) is 2.64. The molecule has 0 aliphatic heterocycles. The van der Waals surface area contributed by atoms with Crippen LogP contribution >= 0.6 is 11.6 Å². The average molecular weight is 308 g/mol. The van der Waals surface area contributed by atoms with E-state index in [2.05, 4.69) is 5.32 Å². The highest BCUT2D eigenvalue weighted by Crippen LogP contribution is 2.13. The molecule has 0 radical (unpaired) electrons. The van der Waals surface area contributed by atoms with Gasteiger partial charge in [0.25, 0.3) is 5.91 Å². The van der Waals surface area contributed by atoms with Crippen molar-refractivity contribution in [2.45, 2.75) is 13.5 Å². The Morgan fingerprint density at radius 2 is 1.95 bits per heavy atom. The van der Waals surface area contributed by atoms with E-state index in [1.165, 1.54) is 6.07 Å². The Hall–Kier alpha value is -1.91. The van der Waals surface area contributed by atoms with Gasteiger partial charge in [-0.3, -0.25) is 4.79 Å². The van der Waals surface area contributed by atoms with Crippen LogP contribution in [0.25, 0.3) is 0 Å². The molecule has 0 aromatic heterocycles. The predicted octanol–water partition coefficient (Wildman–Crippen LogP) is 2.49. The van der Waals surface area contributed by atoms with Crippen molar-refractivity contribution in [3.05, 3.63) is 64.4 Å². The second-order valence-corrected chi connectivity index (χ2v) is 5.27. The Morgan fingerprint density at radius 3 is 2.62 bits per heavy atom. The van der Waals surface area contributed by atoms with Crippen LogP contribution in [0.5, 0.6) is 0 Å². The summed E-state index contributed by atoms with van der Waals surface area (Å²) in [7, 11) is 0. The molecule has 0 aliphatic carbocycles. The molecule has 5 heteroatoms. The summed E-state index contributed by atoms with van der Waals surface area (Å²) >= 11 is 5.81. The number of quaternary nitrogens is 1. The highest BCUT2D eigenvalue weighted by atomic mass is 35.5. The van der Waals surface area contributed by atoms with Crippen LogP contribution in [0.4, 0.5) is 10.1 Å². The summed E-state index contributed by atoms with van der Waals surface area (Å²) in [6, 6.07) is 12.1. The van der Waals surface area contributed by atoms with Gasteiger partial charge in [-0.2, -0.15) is 0 Å². The molecule has 0 bridgehead atoms. The van der Waals surface area contributed by atoms with Crippen LogP contribution in [-0.4, -0.2) is 12.5 Å². The smallest absolute Gasteiger partial charge is 0.279 e. The number of carbonyl (C=O) groups is 1. The number of hydrogen-bond donors (Lipinski definition) is 2. The van der Waals surface area contributed by atoms with E-state index in [-0.39, 0.29) is 18.3 Å². The average Bonchev–Trinajstić information content (AvgIpc) is 2.45. The summed E-state index contributed by atoms with van der Waals surface area (Å²) in [5, 5.41) is 5.24. The summed E-state index contributed by atoms with van der Waals surface area (Å²) in [4.78, 5) is 11.8. The number of aryl methyl sites for hydroxylation is 1. The molecule has 2 rings (SSSR count). The van der Waals surface area contributed by atoms with Crippen molar-refractivity contribution in [2.75, 3.05) is 11.9 Å². The number of nitrogens with two attached hydrogens (primary N) is 1. The van der Waals surface area contributed by atoms with Crippen molar-refractivity contribution >= 4 is 23.2 Å². The first-order valence-electron chi connectivity index (χ1n) is 6.67. The molecule has 0 spiro atoms. The zero-order valence-electron chi connectivity index (χ0n) is 11.7. The van der Waals surface area contributed by atoms with E-state index in [9.17, 15) is 9.18 Å². The normalized spacial score (nSPS) is 10.4. The van der Waals surface area contributed by atoms with Gasteiger partial charge in [-0.25, -0.2) is 4.39 Å². The topological polar surface area (TPSA) is 45.7 Å². The van der Waals surface area contributed by atoms with E-state index in [1.54, 1.807) is 19.1 Å². The summed E-state index contributed by atoms with van der Waals surface area (Å²) in [5.41, 5.74) is 2.12. The Kier molecular flexibility index (Phi) is 5.31. The zero-order valence-corrected chi connectivity index (χ0v) is 12.5. The summed E-state index contributed by atoms with van der Waals surface area (Å²) < 4.78 is 13.4. The van der Waals surface area contributed by atoms with Crippen LogP contribution < -0.4 is 10.6 Å². The number of hydrogen-bond acceptors (Lipinski definition) is 1. The van der Waals surface area contributed by atoms with Gasteiger partial charge in [-0.15, -0.1) is 0 Å². The van der Waals surface area contributed by atoms with E-state index in [1.807, 2.05) is 29.6 Å². The molecule has 0 unspecified atom stereocenters. The maximum atomic E-state index is 13.4. The van der Waals surface area contributed by atoms with Gasteiger partial charge in [0.2, 0.25) is 0 Å². The second kappa shape index (κ2) is 7.20. The molecule has 3 N–H and O–H groups in total. The standard InChI is InChI=1S/C16H16ClFN2O/c1-11-2-7-14(8-15(11)18)20-16(21)10-19-9-12-3-5-13(17)6-4-12/h2-8,19H,9-10H2,1H3,(H,20,21)/p+1. The van der Waals surface area contributed by atoms with Crippen LogP contribution in [-0.2, 0) is 11.3 Å². The molecule has 0 aliphatic rings. The lowest BCUT2D eigenvalue weighted by Gasteiger charge is -2.06. The van der Waals surface area contributed by atoms with Crippen molar-refractivity contribution in [3.8, 4) is 0 Å². The van der Waals surface area contributed by atoms with Crippen LogP contribution in [0, 0.1) is 12.7 Å². The highest BCUT2D eigenvalue weighted by molar-refractivity contribution is 6.30. The number of anilines is 1. The molecule has 0 atom stereocenters. The molecule has 0 heterocycles. The van der Waals surface area contributed by atoms with Crippen molar-refractivity contribution in [2.24, 2.45) is 0 Å². The maximum absolute atomic E-state index is 13.4. The molecule has 2 aromatic carbocycles. The van der Waals surface area contributed by atoms with Crippen molar-refractivity contribution < 1.29 is 14.5 Å². The van der Waals surface area contributed by atoms with Crippen LogP contribution in [0.1, 0.15) is 11.1 Å². The fourth-order valence-electron chi connectivity index (χ4n) is 1.87. The third-order valence-electron chi connectivity index (χ3n) is 3.08. The van der Waals surface area contributed by atoms with Crippen molar-refractivity contribution in [3.63, 3.8) is 0 Å². The van der Waals surface area contributed by atoms with E-state index in [0.717, 1.165) is 5.56 Å². The Balaban J connectivity index is 1.79. The molecule has 0 saturated heterocycles. The lowest BCUT2D eigenvalue weighted by atomic mass is 10.2. The van der Waals surface area contributed by atoms with Crippen LogP contribution in [0.2, 0.25) is 5.02 Å². The van der Waals surface area contributed by atoms with E-state index < -0.39 is 0 Å². The van der Waals surface area contributed by atoms with Gasteiger partial charge in [-0.05, 0) is 36.8 Å². The van der Waals surface area contributed by atoms with Gasteiger partial charge in [0.1, 0.15) is 12.4 Å². The molecular weight excluding hydrogens is 291 g/mol. The van der Waals surface area contributed by atoms with Gasteiger partial charge in [0.15, 0.2) is 6.54 Å². The first kappa shape index (κ1) is 15.5. The molecule has 110 valence electrons. The minimum Gasteiger partial charge on any atom is -0.335 e. The molecule has 1 amide bonds. The quantitative estimate of drug-likeness (QED) is 0.876. The minimum atomic E-state index is -0.321. The monoisotopic (exact) mass is 307 g/mol. The second-order valence-electron chi connectivity index (χ2n) is 4.84. The lowest BCUT2D eigenvalue weighted by molar-refractivity contribution is -0.659. The molecular formula is C16H17ClFN2O+. The van der Waals surface area contributed by atoms with E-state index >= 15 is 0 Å². The minimum absolute atomic E-state index is 0.160. The van der Waals surface area contributed by atoms with Crippen LogP contribution in [0.15, 0.2) is 42.5 Å². The third-order valence-corrected chi connectivity index (χ3v) is 3.33. The molecule has 21 heavy (non-hydrogen) atoms. The largest absolute Gasteiger partial charge is 0.335 e. The molecule has 0 saturated carbocycles. The maximum Gasteiger partial charge on any atom is 0.279 e. The third kappa shape index (κ3) is 4.85. The summed E-state index contributed by atoms with van der Waals surface area (Å²) in [5.74, 6) is -0.481. The Labute approximate surface area is 128 Å². The number of carbonyl (C=O) groups excluding carboxylic acids is 1. The number of amides is 1. The number of nitrogens with one attached hydrogen (secondary N) is 1. The van der Waals surface area contributed by atoms with Crippen molar-refractivity contribution in [1.82, 2.24) is 0 Å². The first-order chi connectivity index (χ1) is 10.0. The highest BCUT2D eigenvalue weighted by Gasteiger charge is 2.06. The Morgan fingerprint density at radius 1 is 1.24 bits per heavy atom. The van der Waals surface area contributed by atoms with E-state index in [0.29, 0.717) is 22.8 Å². The summed E-state index contributed by atoms with van der Waals surface area (Å²) in [6.07, 6.45) is 0. The zero-order chi connectivity index (χ0) is 15.2. The van der Waals surface area contributed by atoms with Crippen molar-refractivity contribution in [1.29, 1.82) is 0 Å². The molecule has 0 fully saturated rings. The molecule has 3 nitrogen and oxygen atoms in total. The Bertz CT molecular complexity index is 629. The van der Waals surface area contributed by atoms with Gasteiger partial charge < -0.3 is 10.6 Å². The number of benzene rings is 2. The van der Waals surface area contributed by atoms with Gasteiger partial charge >= 0.3 is 0 Å². The number of rotatable bonds is 5. The lowest BCUT2D eigenvalue weighted by Crippen LogP contribution is -2.84. The van der Waals surface area contributed by atoms with Gasteiger partial charge in [-0.1, -0.05) is 29.8 Å². The number of halogens is 2. The molecule has 2 aromatic rings.